The van der Waals surface area contributed by atoms with Crippen LogP contribution in [-0.4, -0.2) is 16.3 Å². The van der Waals surface area contributed by atoms with Gasteiger partial charge >= 0.3 is 0 Å². The molecule has 0 aliphatic heterocycles. The fraction of sp³-hybridized carbons (Fsp3) is 0.471. The van der Waals surface area contributed by atoms with Crippen LogP contribution in [0.15, 0.2) is 24.3 Å². The molecular formula is C17H24FN3. The van der Waals surface area contributed by atoms with Gasteiger partial charge in [-0.15, -0.1) is 0 Å². The molecule has 2 aromatic rings. The van der Waals surface area contributed by atoms with Crippen molar-refractivity contribution in [1.82, 2.24) is 15.1 Å². The van der Waals surface area contributed by atoms with Crippen molar-refractivity contribution in [1.29, 1.82) is 0 Å². The van der Waals surface area contributed by atoms with Crippen molar-refractivity contribution < 1.29 is 4.39 Å². The van der Waals surface area contributed by atoms with E-state index in [2.05, 4.69) is 37.3 Å². The molecule has 1 unspecified atom stereocenters. The number of hydrogen-bond donors (Lipinski definition) is 1. The van der Waals surface area contributed by atoms with Gasteiger partial charge in [0.2, 0.25) is 0 Å². The first-order valence-electron chi connectivity index (χ1n) is 7.66. The van der Waals surface area contributed by atoms with Gasteiger partial charge in [-0.25, -0.2) is 4.39 Å². The zero-order valence-electron chi connectivity index (χ0n) is 13.3. The summed E-state index contributed by atoms with van der Waals surface area (Å²) in [5.74, 6) is -0.159. The van der Waals surface area contributed by atoms with E-state index in [1.165, 1.54) is 0 Å². The lowest BCUT2D eigenvalue weighted by Crippen LogP contribution is -2.25. The van der Waals surface area contributed by atoms with Crippen LogP contribution in [0.5, 0.6) is 0 Å². The van der Waals surface area contributed by atoms with Crippen molar-refractivity contribution in [2.75, 3.05) is 6.54 Å². The van der Waals surface area contributed by atoms with Crippen LogP contribution >= 0.6 is 0 Å². The third kappa shape index (κ3) is 3.32. The Morgan fingerprint density at radius 2 is 2.00 bits per heavy atom. The van der Waals surface area contributed by atoms with Crippen molar-refractivity contribution in [3.63, 3.8) is 0 Å². The Balaban J connectivity index is 2.47. The predicted octanol–water partition coefficient (Wildman–Crippen LogP) is 3.61. The quantitative estimate of drug-likeness (QED) is 0.880. The van der Waals surface area contributed by atoms with E-state index in [0.717, 1.165) is 36.5 Å². The molecule has 114 valence electrons. The Bertz CT molecular complexity index is 604. The summed E-state index contributed by atoms with van der Waals surface area (Å²) in [7, 11) is 0. The van der Waals surface area contributed by atoms with E-state index in [1.807, 2.05) is 16.8 Å². The highest BCUT2D eigenvalue weighted by Gasteiger charge is 2.19. The first-order valence-corrected chi connectivity index (χ1v) is 7.66. The topological polar surface area (TPSA) is 29.9 Å². The molecule has 1 aromatic heterocycles. The van der Waals surface area contributed by atoms with E-state index in [-0.39, 0.29) is 11.9 Å². The number of benzene rings is 1. The lowest BCUT2D eigenvalue weighted by atomic mass is 10.0. The summed E-state index contributed by atoms with van der Waals surface area (Å²) in [6.07, 6.45) is 0.904. The van der Waals surface area contributed by atoms with E-state index in [1.54, 1.807) is 13.0 Å². The largest absolute Gasteiger partial charge is 0.305 e. The highest BCUT2D eigenvalue weighted by Crippen LogP contribution is 2.25. The monoisotopic (exact) mass is 289 g/mol. The number of aromatic nitrogens is 2. The van der Waals surface area contributed by atoms with Crippen molar-refractivity contribution in [3.05, 3.63) is 52.6 Å². The van der Waals surface area contributed by atoms with E-state index >= 15 is 0 Å². The van der Waals surface area contributed by atoms with Crippen molar-refractivity contribution in [2.45, 2.75) is 46.7 Å². The fourth-order valence-electron chi connectivity index (χ4n) is 2.53. The molecule has 0 fully saturated rings. The SMILES string of the molecule is CCNC(c1ccc(C)c(F)c1)c1cc(CC)nn1CC. The minimum atomic E-state index is -0.159. The number of rotatable bonds is 6. The number of hydrogen-bond acceptors (Lipinski definition) is 2. The Morgan fingerprint density at radius 1 is 1.24 bits per heavy atom. The zero-order chi connectivity index (χ0) is 15.4. The van der Waals surface area contributed by atoms with Crippen LogP contribution in [0.1, 0.15) is 49.3 Å². The first kappa shape index (κ1) is 15.7. The first-order chi connectivity index (χ1) is 10.1. The minimum Gasteiger partial charge on any atom is -0.305 e. The maximum atomic E-state index is 13.9. The van der Waals surface area contributed by atoms with E-state index in [0.29, 0.717) is 5.56 Å². The lowest BCUT2D eigenvalue weighted by Gasteiger charge is -2.20. The number of nitrogens with zero attached hydrogens (tertiary/aromatic N) is 2. The molecule has 0 saturated heterocycles. The van der Waals surface area contributed by atoms with Gasteiger partial charge in [0, 0.05) is 6.54 Å². The molecule has 1 heterocycles. The molecule has 21 heavy (non-hydrogen) atoms. The molecule has 1 N–H and O–H groups in total. The maximum Gasteiger partial charge on any atom is 0.126 e. The second kappa shape index (κ2) is 6.85. The number of aryl methyl sites for hydroxylation is 3. The molecule has 4 heteroatoms. The van der Waals surface area contributed by atoms with E-state index < -0.39 is 0 Å². The molecule has 0 aliphatic rings. The summed E-state index contributed by atoms with van der Waals surface area (Å²) in [5.41, 5.74) is 3.78. The summed E-state index contributed by atoms with van der Waals surface area (Å²) in [6.45, 7) is 9.65. The van der Waals surface area contributed by atoms with Crippen LogP contribution in [0.3, 0.4) is 0 Å². The third-order valence-corrected chi connectivity index (χ3v) is 3.76. The van der Waals surface area contributed by atoms with Crippen LogP contribution in [0.2, 0.25) is 0 Å². The molecule has 0 spiro atoms. The molecule has 0 bridgehead atoms. The predicted molar refractivity (Wildman–Crippen MR) is 83.9 cm³/mol. The molecule has 0 amide bonds. The van der Waals surface area contributed by atoms with E-state index in [9.17, 15) is 4.39 Å². The average molecular weight is 289 g/mol. The molecule has 1 aromatic carbocycles. The molecule has 2 rings (SSSR count). The Labute approximate surface area is 126 Å². The Morgan fingerprint density at radius 3 is 2.57 bits per heavy atom. The average Bonchev–Trinajstić information content (AvgIpc) is 2.91. The summed E-state index contributed by atoms with van der Waals surface area (Å²) < 4.78 is 15.9. The third-order valence-electron chi connectivity index (χ3n) is 3.76. The van der Waals surface area contributed by atoms with Gasteiger partial charge in [0.15, 0.2) is 0 Å². The lowest BCUT2D eigenvalue weighted by molar-refractivity contribution is 0.536. The normalized spacial score (nSPS) is 12.6. The zero-order valence-corrected chi connectivity index (χ0v) is 13.3. The van der Waals surface area contributed by atoms with Gasteiger partial charge in [-0.1, -0.05) is 26.0 Å². The second-order valence-electron chi connectivity index (χ2n) is 5.23. The number of halogens is 1. The van der Waals surface area contributed by atoms with Crippen molar-refractivity contribution >= 4 is 0 Å². The van der Waals surface area contributed by atoms with Gasteiger partial charge in [0.1, 0.15) is 5.82 Å². The highest BCUT2D eigenvalue weighted by molar-refractivity contribution is 5.32. The van der Waals surface area contributed by atoms with Crippen LogP contribution < -0.4 is 5.32 Å². The fourth-order valence-corrected chi connectivity index (χ4v) is 2.53. The van der Waals surface area contributed by atoms with Crippen LogP contribution in [0.4, 0.5) is 4.39 Å². The van der Waals surface area contributed by atoms with Gasteiger partial charge in [0.25, 0.3) is 0 Å². The Kier molecular flexibility index (Phi) is 5.12. The standard InChI is InChI=1S/C17H24FN3/c1-5-14-11-16(21(7-3)20-14)17(19-6-2)13-9-8-12(4)15(18)10-13/h8-11,17,19H,5-7H2,1-4H3. The Hall–Kier alpha value is -1.68. The van der Waals surface area contributed by atoms with Gasteiger partial charge in [0.05, 0.1) is 17.4 Å². The van der Waals surface area contributed by atoms with Crippen LogP contribution in [0.25, 0.3) is 0 Å². The molecule has 0 radical (unpaired) electrons. The molecule has 3 nitrogen and oxygen atoms in total. The van der Waals surface area contributed by atoms with Crippen LogP contribution in [-0.2, 0) is 13.0 Å². The van der Waals surface area contributed by atoms with Crippen molar-refractivity contribution in [2.24, 2.45) is 0 Å². The maximum absolute atomic E-state index is 13.9. The van der Waals surface area contributed by atoms with Gasteiger partial charge in [-0.3, -0.25) is 4.68 Å². The summed E-state index contributed by atoms with van der Waals surface area (Å²) in [5, 5.41) is 8.05. The highest BCUT2D eigenvalue weighted by atomic mass is 19.1. The summed E-state index contributed by atoms with van der Waals surface area (Å²) >= 11 is 0. The molecule has 0 saturated carbocycles. The van der Waals surface area contributed by atoms with Crippen LogP contribution in [0, 0.1) is 12.7 Å². The van der Waals surface area contributed by atoms with Gasteiger partial charge in [-0.05, 0) is 50.1 Å². The summed E-state index contributed by atoms with van der Waals surface area (Å²) in [6, 6.07) is 7.54. The smallest absolute Gasteiger partial charge is 0.126 e. The minimum absolute atomic E-state index is 0.0298. The second-order valence-corrected chi connectivity index (χ2v) is 5.23. The molecular weight excluding hydrogens is 265 g/mol. The summed E-state index contributed by atoms with van der Waals surface area (Å²) in [4.78, 5) is 0. The molecule has 1 atom stereocenters. The molecule has 0 aliphatic carbocycles. The van der Waals surface area contributed by atoms with Gasteiger partial charge < -0.3 is 5.32 Å². The van der Waals surface area contributed by atoms with Crippen molar-refractivity contribution in [3.8, 4) is 0 Å². The van der Waals surface area contributed by atoms with E-state index in [4.69, 9.17) is 0 Å². The van der Waals surface area contributed by atoms with Gasteiger partial charge in [-0.2, -0.15) is 5.10 Å². The number of nitrogens with one attached hydrogen (secondary N) is 1.